The van der Waals surface area contributed by atoms with Crippen LogP contribution in [0.25, 0.3) is 0 Å². The summed E-state index contributed by atoms with van der Waals surface area (Å²) in [6.45, 7) is 4.18. The summed E-state index contributed by atoms with van der Waals surface area (Å²) in [6.07, 6.45) is 3.55. The Kier molecular flexibility index (Phi) is 4.35. The van der Waals surface area contributed by atoms with Gasteiger partial charge in [0.25, 0.3) is 10.0 Å². The Bertz CT molecular complexity index is 697. The van der Waals surface area contributed by atoms with Crippen LogP contribution in [0.5, 0.6) is 5.75 Å². The molecule has 0 radical (unpaired) electrons. The molecule has 0 amide bonds. The Labute approximate surface area is 123 Å². The highest BCUT2D eigenvalue weighted by Gasteiger charge is 2.23. The van der Waals surface area contributed by atoms with E-state index < -0.39 is 10.0 Å². The molecule has 0 atom stereocenters. The summed E-state index contributed by atoms with van der Waals surface area (Å²) < 4.78 is 31.4. The highest BCUT2D eigenvalue weighted by Crippen LogP contribution is 2.31. The van der Waals surface area contributed by atoms with Gasteiger partial charge in [-0.05, 0) is 37.1 Å². The minimum Gasteiger partial charge on any atom is -0.492 e. The minimum absolute atomic E-state index is 0.0188. The summed E-state index contributed by atoms with van der Waals surface area (Å²) in [5.74, 6) is 0.296. The predicted octanol–water partition coefficient (Wildman–Crippen LogP) is 2.87. The second-order valence-corrected chi connectivity index (χ2v) is 6.45. The van der Waals surface area contributed by atoms with Crippen LogP contribution in [-0.2, 0) is 10.0 Å². The molecule has 0 aliphatic rings. The summed E-state index contributed by atoms with van der Waals surface area (Å²) in [5, 5.41) is 4.14. The fourth-order valence-electron chi connectivity index (χ4n) is 1.66. The molecule has 2 aromatic rings. The molecular formula is C13H15ClN2O3S. The quantitative estimate of drug-likeness (QED) is 0.851. The number of aryl methyl sites for hydroxylation is 1. The van der Waals surface area contributed by atoms with E-state index in [1.807, 2.05) is 6.92 Å². The SMILES string of the molecule is CCCOc1cc(C)c(Cl)cc1S(=O)(=O)n1cccn1. The Hall–Kier alpha value is -1.53. The number of hydrogen-bond acceptors (Lipinski definition) is 4. The molecule has 108 valence electrons. The average Bonchev–Trinajstić information content (AvgIpc) is 2.94. The van der Waals surface area contributed by atoms with Crippen molar-refractivity contribution in [3.05, 3.63) is 41.2 Å². The van der Waals surface area contributed by atoms with Crippen LogP contribution >= 0.6 is 11.6 Å². The topological polar surface area (TPSA) is 61.2 Å². The zero-order valence-corrected chi connectivity index (χ0v) is 12.8. The lowest BCUT2D eigenvalue weighted by molar-refractivity contribution is 0.309. The van der Waals surface area contributed by atoms with E-state index >= 15 is 0 Å². The zero-order chi connectivity index (χ0) is 14.8. The van der Waals surface area contributed by atoms with Crippen molar-refractivity contribution in [2.75, 3.05) is 6.61 Å². The van der Waals surface area contributed by atoms with E-state index in [0.29, 0.717) is 17.4 Å². The largest absolute Gasteiger partial charge is 0.492 e. The summed E-state index contributed by atoms with van der Waals surface area (Å²) in [4.78, 5) is 0.0188. The van der Waals surface area contributed by atoms with Crippen LogP contribution in [0.4, 0.5) is 0 Å². The van der Waals surface area contributed by atoms with E-state index in [1.165, 1.54) is 18.5 Å². The summed E-state index contributed by atoms with van der Waals surface area (Å²) in [6, 6.07) is 4.58. The molecule has 0 aliphatic heterocycles. The first-order valence-electron chi connectivity index (χ1n) is 6.15. The molecule has 20 heavy (non-hydrogen) atoms. The van der Waals surface area contributed by atoms with Gasteiger partial charge in [-0.1, -0.05) is 18.5 Å². The van der Waals surface area contributed by atoms with Gasteiger partial charge in [-0.3, -0.25) is 0 Å². The molecule has 0 spiro atoms. The number of aromatic nitrogens is 2. The molecule has 0 N–H and O–H groups in total. The molecule has 1 aromatic heterocycles. The van der Waals surface area contributed by atoms with Crippen molar-refractivity contribution in [2.24, 2.45) is 0 Å². The van der Waals surface area contributed by atoms with Crippen molar-refractivity contribution in [3.8, 4) is 5.75 Å². The van der Waals surface area contributed by atoms with Gasteiger partial charge in [-0.15, -0.1) is 0 Å². The lowest BCUT2D eigenvalue weighted by atomic mass is 10.2. The lowest BCUT2D eigenvalue weighted by Crippen LogP contribution is -2.15. The maximum absolute atomic E-state index is 12.5. The van der Waals surface area contributed by atoms with Crippen LogP contribution in [0.3, 0.4) is 0 Å². The van der Waals surface area contributed by atoms with Crippen LogP contribution in [0.2, 0.25) is 5.02 Å². The standard InChI is InChI=1S/C13H15ClN2O3S/c1-3-7-19-12-8-10(2)11(14)9-13(12)20(17,18)16-6-4-5-15-16/h4-6,8-9H,3,7H2,1-2H3. The van der Waals surface area contributed by atoms with Gasteiger partial charge in [0.1, 0.15) is 10.6 Å². The normalized spacial score (nSPS) is 11.6. The van der Waals surface area contributed by atoms with Crippen molar-refractivity contribution in [3.63, 3.8) is 0 Å². The molecule has 0 fully saturated rings. The number of nitrogens with zero attached hydrogens (tertiary/aromatic N) is 2. The first kappa shape index (κ1) is 14.9. The van der Waals surface area contributed by atoms with Gasteiger partial charge in [0.05, 0.1) is 12.8 Å². The maximum atomic E-state index is 12.5. The Morgan fingerprint density at radius 3 is 2.75 bits per heavy atom. The zero-order valence-electron chi connectivity index (χ0n) is 11.2. The van der Waals surface area contributed by atoms with Crippen LogP contribution in [-0.4, -0.2) is 24.2 Å². The molecule has 7 heteroatoms. The molecule has 0 unspecified atom stereocenters. The van der Waals surface area contributed by atoms with E-state index in [9.17, 15) is 8.42 Å². The van der Waals surface area contributed by atoms with Crippen LogP contribution in [0, 0.1) is 6.92 Å². The van der Waals surface area contributed by atoms with E-state index in [1.54, 1.807) is 19.1 Å². The second kappa shape index (κ2) is 5.85. The Morgan fingerprint density at radius 2 is 2.15 bits per heavy atom. The maximum Gasteiger partial charge on any atom is 0.286 e. The van der Waals surface area contributed by atoms with E-state index in [2.05, 4.69) is 5.10 Å². The average molecular weight is 315 g/mol. The molecule has 0 bridgehead atoms. The third-order valence-corrected chi connectivity index (χ3v) is 4.68. The van der Waals surface area contributed by atoms with Gasteiger partial charge in [0, 0.05) is 11.2 Å². The fourth-order valence-corrected chi connectivity index (χ4v) is 3.14. The highest BCUT2D eigenvalue weighted by molar-refractivity contribution is 7.90. The van der Waals surface area contributed by atoms with Crippen LogP contribution in [0.1, 0.15) is 18.9 Å². The summed E-state index contributed by atoms with van der Waals surface area (Å²) in [7, 11) is -3.80. The van der Waals surface area contributed by atoms with E-state index in [-0.39, 0.29) is 4.90 Å². The van der Waals surface area contributed by atoms with E-state index in [4.69, 9.17) is 16.3 Å². The van der Waals surface area contributed by atoms with Crippen molar-refractivity contribution in [1.82, 2.24) is 9.19 Å². The minimum atomic E-state index is -3.80. The monoisotopic (exact) mass is 314 g/mol. The predicted molar refractivity (Wildman–Crippen MR) is 76.8 cm³/mol. The summed E-state index contributed by atoms with van der Waals surface area (Å²) in [5.41, 5.74) is 0.761. The number of ether oxygens (including phenoxy) is 1. The van der Waals surface area contributed by atoms with Gasteiger partial charge >= 0.3 is 0 Å². The van der Waals surface area contributed by atoms with Crippen molar-refractivity contribution < 1.29 is 13.2 Å². The molecule has 1 aromatic carbocycles. The van der Waals surface area contributed by atoms with E-state index in [0.717, 1.165) is 16.1 Å². The molecular weight excluding hydrogens is 300 g/mol. The van der Waals surface area contributed by atoms with Gasteiger partial charge in [-0.2, -0.15) is 17.6 Å². The summed E-state index contributed by atoms with van der Waals surface area (Å²) >= 11 is 6.04. The number of halogens is 1. The fraction of sp³-hybridized carbons (Fsp3) is 0.308. The molecule has 0 aliphatic carbocycles. The Balaban J connectivity index is 2.57. The molecule has 0 saturated heterocycles. The van der Waals surface area contributed by atoms with Gasteiger partial charge < -0.3 is 4.74 Å². The molecule has 5 nitrogen and oxygen atoms in total. The van der Waals surface area contributed by atoms with Gasteiger partial charge in [0.2, 0.25) is 0 Å². The second-order valence-electron chi connectivity index (χ2n) is 4.28. The third kappa shape index (κ3) is 2.81. The molecule has 2 rings (SSSR count). The van der Waals surface area contributed by atoms with Crippen molar-refractivity contribution in [2.45, 2.75) is 25.2 Å². The number of hydrogen-bond donors (Lipinski definition) is 0. The lowest BCUT2D eigenvalue weighted by Gasteiger charge is -2.13. The third-order valence-electron chi connectivity index (χ3n) is 2.69. The Morgan fingerprint density at radius 1 is 1.40 bits per heavy atom. The first-order valence-corrected chi connectivity index (χ1v) is 7.96. The number of rotatable bonds is 5. The van der Waals surface area contributed by atoms with Gasteiger partial charge in [-0.25, -0.2) is 0 Å². The smallest absolute Gasteiger partial charge is 0.286 e. The van der Waals surface area contributed by atoms with Crippen LogP contribution in [0.15, 0.2) is 35.5 Å². The van der Waals surface area contributed by atoms with Crippen LogP contribution < -0.4 is 4.74 Å². The highest BCUT2D eigenvalue weighted by atomic mass is 35.5. The van der Waals surface area contributed by atoms with Gasteiger partial charge in [0.15, 0.2) is 0 Å². The van der Waals surface area contributed by atoms with Crippen molar-refractivity contribution in [1.29, 1.82) is 0 Å². The number of benzene rings is 1. The van der Waals surface area contributed by atoms with Crippen molar-refractivity contribution >= 4 is 21.6 Å². The first-order chi connectivity index (χ1) is 9.46. The molecule has 1 heterocycles. The molecule has 0 saturated carbocycles.